The van der Waals surface area contributed by atoms with Gasteiger partial charge in [-0.15, -0.1) is 13.2 Å². The Morgan fingerprint density at radius 3 is 2.71 bits per heavy atom. The SMILES string of the molecule is O=C(N[C@H]1CC[C@@]2(CCN(c3ccc(OC(F)(F)F)cc3Cl)C2=O)CC1)c1cnn2cccnc12. The lowest BCUT2D eigenvalue weighted by molar-refractivity contribution is -0.274. The fourth-order valence-corrected chi connectivity index (χ4v) is 5.26. The van der Waals surface area contributed by atoms with Gasteiger partial charge < -0.3 is 15.0 Å². The van der Waals surface area contributed by atoms with Crippen LogP contribution in [0, 0.1) is 5.41 Å². The van der Waals surface area contributed by atoms with Crippen LogP contribution in [0.3, 0.4) is 0 Å². The summed E-state index contributed by atoms with van der Waals surface area (Å²) in [7, 11) is 0. The van der Waals surface area contributed by atoms with Crippen molar-refractivity contribution in [1.29, 1.82) is 0 Å². The lowest BCUT2D eigenvalue weighted by Gasteiger charge is -2.36. The van der Waals surface area contributed by atoms with E-state index in [0.29, 0.717) is 55.5 Å². The molecule has 3 heterocycles. The molecule has 1 N–H and O–H groups in total. The van der Waals surface area contributed by atoms with E-state index in [9.17, 15) is 22.8 Å². The summed E-state index contributed by atoms with van der Waals surface area (Å²) in [6.07, 6.45) is 3.02. The summed E-state index contributed by atoms with van der Waals surface area (Å²) in [5, 5.41) is 7.18. The predicted octanol–water partition coefficient (Wildman–Crippen LogP) is 4.38. The number of carbonyl (C=O) groups is 2. The van der Waals surface area contributed by atoms with Crippen LogP contribution in [-0.4, -0.2) is 45.4 Å². The Kier molecular flexibility index (Phi) is 5.82. The summed E-state index contributed by atoms with van der Waals surface area (Å²) in [5.41, 5.74) is 0.653. The molecular formula is C23H21ClF3N5O3. The zero-order valence-corrected chi connectivity index (χ0v) is 19.1. The first kappa shape index (κ1) is 23.4. The molecule has 35 heavy (non-hydrogen) atoms. The maximum absolute atomic E-state index is 13.4. The molecule has 1 aliphatic heterocycles. The average molecular weight is 508 g/mol. The zero-order valence-electron chi connectivity index (χ0n) is 18.4. The van der Waals surface area contributed by atoms with Gasteiger partial charge in [-0.25, -0.2) is 9.50 Å². The normalized spacial score (nSPS) is 22.7. The van der Waals surface area contributed by atoms with Crippen LogP contribution in [0.5, 0.6) is 5.75 Å². The van der Waals surface area contributed by atoms with Gasteiger partial charge in [-0.1, -0.05) is 11.6 Å². The third-order valence-corrected chi connectivity index (χ3v) is 7.06. The molecule has 1 saturated carbocycles. The number of alkyl halides is 3. The summed E-state index contributed by atoms with van der Waals surface area (Å²) < 4.78 is 42.8. The number of benzene rings is 1. The Balaban J connectivity index is 1.23. The van der Waals surface area contributed by atoms with Crippen LogP contribution in [0.25, 0.3) is 5.65 Å². The fraction of sp³-hybridized carbons (Fsp3) is 0.391. The van der Waals surface area contributed by atoms with Gasteiger partial charge >= 0.3 is 6.36 Å². The number of anilines is 1. The number of hydrogen-bond donors (Lipinski definition) is 1. The minimum Gasteiger partial charge on any atom is -0.406 e. The van der Waals surface area contributed by atoms with Crippen molar-refractivity contribution in [3.63, 3.8) is 0 Å². The Morgan fingerprint density at radius 2 is 2.00 bits per heavy atom. The van der Waals surface area contributed by atoms with Crippen LogP contribution in [0.1, 0.15) is 42.5 Å². The van der Waals surface area contributed by atoms with Crippen LogP contribution in [0.2, 0.25) is 5.02 Å². The molecule has 1 saturated heterocycles. The van der Waals surface area contributed by atoms with Crippen molar-refractivity contribution in [1.82, 2.24) is 19.9 Å². The molecule has 8 nitrogen and oxygen atoms in total. The average Bonchev–Trinajstić information content (AvgIpc) is 3.37. The van der Waals surface area contributed by atoms with Gasteiger partial charge in [0, 0.05) is 31.0 Å². The Morgan fingerprint density at radius 1 is 1.23 bits per heavy atom. The molecule has 1 spiro atoms. The molecule has 0 bridgehead atoms. The first-order valence-corrected chi connectivity index (χ1v) is 11.5. The number of ether oxygens (including phenoxy) is 1. The van der Waals surface area contributed by atoms with Crippen molar-refractivity contribution in [3.8, 4) is 5.75 Å². The first-order chi connectivity index (χ1) is 16.7. The second kappa shape index (κ2) is 8.71. The van der Waals surface area contributed by atoms with Gasteiger partial charge in [0.25, 0.3) is 5.91 Å². The van der Waals surface area contributed by atoms with E-state index >= 15 is 0 Å². The number of rotatable bonds is 4. The third kappa shape index (κ3) is 4.52. The van der Waals surface area contributed by atoms with Gasteiger partial charge in [0.1, 0.15) is 11.3 Å². The molecule has 2 aliphatic rings. The summed E-state index contributed by atoms with van der Waals surface area (Å²) in [6.45, 7) is 0.420. The first-order valence-electron chi connectivity index (χ1n) is 11.1. The summed E-state index contributed by atoms with van der Waals surface area (Å²) in [5.74, 6) is -0.794. The molecule has 0 atom stereocenters. The predicted molar refractivity (Wildman–Crippen MR) is 120 cm³/mol. The van der Waals surface area contributed by atoms with Gasteiger partial charge in [-0.2, -0.15) is 5.10 Å². The number of fused-ring (bicyclic) bond motifs is 1. The van der Waals surface area contributed by atoms with Crippen molar-refractivity contribution in [2.45, 2.75) is 44.5 Å². The van der Waals surface area contributed by atoms with Crippen LogP contribution >= 0.6 is 11.6 Å². The lowest BCUT2D eigenvalue weighted by Crippen LogP contribution is -2.43. The Bertz CT molecular complexity index is 1290. The Hall–Kier alpha value is -3.34. The quantitative estimate of drug-likeness (QED) is 0.566. The fourth-order valence-electron chi connectivity index (χ4n) is 4.98. The summed E-state index contributed by atoms with van der Waals surface area (Å²) in [4.78, 5) is 31.9. The van der Waals surface area contributed by atoms with Crippen LogP contribution in [-0.2, 0) is 4.79 Å². The van der Waals surface area contributed by atoms with Crippen molar-refractivity contribution < 1.29 is 27.5 Å². The smallest absolute Gasteiger partial charge is 0.406 e. The lowest BCUT2D eigenvalue weighted by atomic mass is 9.71. The van der Waals surface area contributed by atoms with E-state index in [1.54, 1.807) is 18.5 Å². The van der Waals surface area contributed by atoms with Crippen LogP contribution < -0.4 is 15.0 Å². The van der Waals surface area contributed by atoms with E-state index in [1.165, 1.54) is 21.7 Å². The number of aromatic nitrogens is 3. The third-order valence-electron chi connectivity index (χ3n) is 6.76. The van der Waals surface area contributed by atoms with Gasteiger partial charge in [0.15, 0.2) is 5.65 Å². The molecule has 2 amide bonds. The molecule has 0 unspecified atom stereocenters. The number of amides is 2. The highest BCUT2D eigenvalue weighted by Crippen LogP contribution is 2.47. The minimum atomic E-state index is -4.83. The highest BCUT2D eigenvalue weighted by atomic mass is 35.5. The van der Waals surface area contributed by atoms with Crippen molar-refractivity contribution >= 4 is 34.7 Å². The van der Waals surface area contributed by atoms with Crippen LogP contribution in [0.15, 0.2) is 42.9 Å². The van der Waals surface area contributed by atoms with Crippen LogP contribution in [0.4, 0.5) is 18.9 Å². The highest BCUT2D eigenvalue weighted by Gasteiger charge is 2.49. The topological polar surface area (TPSA) is 88.8 Å². The number of halogens is 4. The number of hydrogen-bond acceptors (Lipinski definition) is 5. The van der Waals surface area contributed by atoms with Gasteiger partial charge in [0.2, 0.25) is 5.91 Å². The molecule has 12 heteroatoms. The standard InChI is InChI=1S/C23H21ClF3N5O3/c24-17-12-15(35-23(25,26)27)2-3-18(17)31-11-8-22(21(31)34)6-4-14(5-7-22)30-20(33)16-13-29-32-10-1-9-28-19(16)32/h1-3,9-10,12-14H,4-8,11H2,(H,30,33)/t14-,22-. The molecular weight excluding hydrogens is 487 g/mol. The van der Waals surface area contributed by atoms with Gasteiger partial charge in [0.05, 0.1) is 22.3 Å². The molecule has 2 fully saturated rings. The number of nitrogens with zero attached hydrogens (tertiary/aromatic N) is 4. The van der Waals surface area contributed by atoms with Crippen molar-refractivity contribution in [3.05, 3.63) is 53.4 Å². The van der Waals surface area contributed by atoms with Crippen molar-refractivity contribution in [2.75, 3.05) is 11.4 Å². The van der Waals surface area contributed by atoms with E-state index in [2.05, 4.69) is 20.1 Å². The van der Waals surface area contributed by atoms with E-state index in [0.717, 1.165) is 12.1 Å². The molecule has 184 valence electrons. The van der Waals surface area contributed by atoms with Crippen molar-refractivity contribution in [2.24, 2.45) is 5.41 Å². The Labute approximate surface area is 203 Å². The molecule has 1 aromatic carbocycles. The van der Waals surface area contributed by atoms with E-state index in [4.69, 9.17) is 11.6 Å². The molecule has 1 aliphatic carbocycles. The summed E-state index contributed by atoms with van der Waals surface area (Å²) >= 11 is 6.20. The summed E-state index contributed by atoms with van der Waals surface area (Å²) in [6, 6.07) is 5.22. The molecule has 3 aromatic rings. The van der Waals surface area contributed by atoms with E-state index < -0.39 is 17.5 Å². The molecule has 2 aromatic heterocycles. The van der Waals surface area contributed by atoms with E-state index in [1.807, 2.05) is 0 Å². The molecule has 5 rings (SSSR count). The highest BCUT2D eigenvalue weighted by molar-refractivity contribution is 6.34. The maximum Gasteiger partial charge on any atom is 0.573 e. The maximum atomic E-state index is 13.4. The number of nitrogens with one attached hydrogen (secondary N) is 1. The second-order valence-corrected chi connectivity index (χ2v) is 9.25. The van der Waals surface area contributed by atoms with Gasteiger partial charge in [-0.3, -0.25) is 9.59 Å². The minimum absolute atomic E-state index is 0.0140. The molecule has 0 radical (unpaired) electrons. The van der Waals surface area contributed by atoms with Gasteiger partial charge in [-0.05, 0) is 50.3 Å². The largest absolute Gasteiger partial charge is 0.573 e. The second-order valence-electron chi connectivity index (χ2n) is 8.84. The zero-order chi connectivity index (χ0) is 24.8. The monoisotopic (exact) mass is 507 g/mol. The van der Waals surface area contributed by atoms with E-state index in [-0.39, 0.29) is 22.9 Å². The number of carbonyl (C=O) groups excluding carboxylic acids is 2.